The molecule has 1 unspecified atom stereocenters. The molecular weight excluding hydrogens is 708 g/mol. The molecule has 3 amide bonds. The number of alkyl halides is 5. The molecule has 3 rings (SSSR count). The Bertz CT molecular complexity index is 1610. The van der Waals surface area contributed by atoms with Gasteiger partial charge in [-0.1, -0.05) is 85.0 Å². The number of rotatable bonds is 14. The summed E-state index contributed by atoms with van der Waals surface area (Å²) in [7, 11) is 0. The third-order valence-electron chi connectivity index (χ3n) is 6.77. The number of ketones is 1. The van der Waals surface area contributed by atoms with Crippen LogP contribution < -0.4 is 20.7 Å². The molecule has 16 heteroatoms. The molecule has 3 N–H and O–H groups in total. The Morgan fingerprint density at radius 2 is 1.42 bits per heavy atom. The second-order valence-electron chi connectivity index (χ2n) is 10.8. The van der Waals surface area contributed by atoms with Crippen LogP contribution in [0.15, 0.2) is 72.8 Å². The van der Waals surface area contributed by atoms with E-state index >= 15 is 0 Å². The predicted molar refractivity (Wildman–Crippen MR) is 169 cm³/mol. The Hall–Kier alpha value is -3.94. The van der Waals surface area contributed by atoms with E-state index in [1.54, 1.807) is 36.4 Å². The Morgan fingerprint density at radius 3 is 1.98 bits per heavy atom. The summed E-state index contributed by atoms with van der Waals surface area (Å²) < 4.78 is 73.0. The molecule has 0 saturated carbocycles. The van der Waals surface area contributed by atoms with Gasteiger partial charge in [0.1, 0.15) is 24.4 Å². The fraction of sp³-hybridized carbons (Fsp3) is 0.312. The zero-order valence-electron chi connectivity index (χ0n) is 25.2. The van der Waals surface area contributed by atoms with E-state index in [9.17, 15) is 41.1 Å². The van der Waals surface area contributed by atoms with Crippen LogP contribution in [0.4, 0.5) is 22.0 Å². The average molecular weight is 737 g/mol. The van der Waals surface area contributed by atoms with Crippen LogP contribution in [0.2, 0.25) is 15.1 Å². The lowest BCUT2D eigenvalue weighted by Gasteiger charge is -2.28. The predicted octanol–water partition coefficient (Wildman–Crippen LogP) is 7.04. The van der Waals surface area contributed by atoms with Crippen molar-refractivity contribution in [3.05, 3.63) is 99.0 Å². The van der Waals surface area contributed by atoms with Crippen LogP contribution in [0.1, 0.15) is 43.5 Å². The maximum Gasteiger partial charge on any atom is 0.405 e. The van der Waals surface area contributed by atoms with Gasteiger partial charge >= 0.3 is 12.1 Å². The maximum atomic E-state index is 14.8. The van der Waals surface area contributed by atoms with Gasteiger partial charge in [-0.25, -0.2) is 0 Å². The van der Waals surface area contributed by atoms with E-state index in [1.807, 2.05) is 0 Å². The summed E-state index contributed by atoms with van der Waals surface area (Å²) in [6.45, 7) is 0.456. The second-order valence-corrected chi connectivity index (χ2v) is 12.1. The SMILES string of the molecule is CC(C)[C@H](NC(=O)[C@@H](NC(=O)CC(Oc1ccc(Cl)cc1)c1ccc(Cl)c(Cl)c1)c1ccccc1)C(=O)C(F)(F)C(=O)NCC(F)(F)F. The van der Waals surface area contributed by atoms with Crippen LogP contribution in [0.3, 0.4) is 0 Å². The number of Topliss-reactive ketones (excluding diaryl/α,β-unsaturated/α-hetero) is 1. The number of carbonyl (C=O) groups excluding carboxylic acids is 4. The Labute approximate surface area is 287 Å². The van der Waals surface area contributed by atoms with Crippen LogP contribution >= 0.6 is 34.8 Å². The van der Waals surface area contributed by atoms with Gasteiger partial charge in [-0.05, 0) is 53.4 Å². The molecule has 0 radical (unpaired) electrons. The zero-order valence-corrected chi connectivity index (χ0v) is 27.5. The first-order valence-corrected chi connectivity index (χ1v) is 15.3. The molecular formula is C32H29Cl3F5N3O5. The minimum atomic E-state index is -5.01. The van der Waals surface area contributed by atoms with Gasteiger partial charge < -0.3 is 20.7 Å². The summed E-state index contributed by atoms with van der Waals surface area (Å²) in [6.07, 6.45) is -6.40. The van der Waals surface area contributed by atoms with Gasteiger partial charge in [0.25, 0.3) is 5.91 Å². The second kappa shape index (κ2) is 16.4. The molecule has 3 atom stereocenters. The summed E-state index contributed by atoms with van der Waals surface area (Å²) in [4.78, 5) is 51.7. The number of carbonyl (C=O) groups is 4. The number of hydrogen-bond acceptors (Lipinski definition) is 5. The van der Waals surface area contributed by atoms with Crippen molar-refractivity contribution in [1.29, 1.82) is 0 Å². The number of hydrogen-bond donors (Lipinski definition) is 3. The van der Waals surface area contributed by atoms with Crippen LogP contribution in [0.25, 0.3) is 0 Å². The topological polar surface area (TPSA) is 114 Å². The van der Waals surface area contributed by atoms with Crippen molar-refractivity contribution in [3.63, 3.8) is 0 Å². The first-order valence-electron chi connectivity index (χ1n) is 14.2. The third kappa shape index (κ3) is 10.8. The van der Waals surface area contributed by atoms with E-state index in [4.69, 9.17) is 39.5 Å². The van der Waals surface area contributed by atoms with E-state index in [2.05, 4.69) is 10.6 Å². The quantitative estimate of drug-likeness (QED) is 0.122. The van der Waals surface area contributed by atoms with Crippen LogP contribution in [-0.2, 0) is 19.2 Å². The minimum absolute atomic E-state index is 0.175. The molecule has 0 bridgehead atoms. The molecule has 48 heavy (non-hydrogen) atoms. The molecule has 0 saturated heterocycles. The number of nitrogens with one attached hydrogen (secondary N) is 3. The van der Waals surface area contributed by atoms with Gasteiger partial charge in [0.15, 0.2) is 0 Å². The van der Waals surface area contributed by atoms with Crippen molar-refractivity contribution in [3.8, 4) is 5.75 Å². The lowest BCUT2D eigenvalue weighted by atomic mass is 9.94. The molecule has 0 aliphatic rings. The molecule has 0 aromatic heterocycles. The van der Waals surface area contributed by atoms with Gasteiger partial charge in [0, 0.05) is 5.02 Å². The summed E-state index contributed by atoms with van der Waals surface area (Å²) in [6, 6.07) is 14.8. The Balaban J connectivity index is 1.87. The number of benzene rings is 3. The highest BCUT2D eigenvalue weighted by Gasteiger charge is 2.52. The summed E-state index contributed by atoms with van der Waals surface area (Å²) in [5.41, 5.74) is 0.629. The molecule has 3 aromatic carbocycles. The normalized spacial score (nSPS) is 13.6. The van der Waals surface area contributed by atoms with Crippen LogP contribution in [0, 0.1) is 5.92 Å². The van der Waals surface area contributed by atoms with Gasteiger partial charge in [0.2, 0.25) is 17.6 Å². The monoisotopic (exact) mass is 735 g/mol. The zero-order chi connectivity index (χ0) is 35.8. The highest BCUT2D eigenvalue weighted by Crippen LogP contribution is 2.31. The van der Waals surface area contributed by atoms with E-state index in [0.29, 0.717) is 16.3 Å². The molecule has 0 aliphatic heterocycles. The van der Waals surface area contributed by atoms with Crippen molar-refractivity contribution < 1.29 is 45.9 Å². The first-order chi connectivity index (χ1) is 22.4. The van der Waals surface area contributed by atoms with Gasteiger partial charge in [-0.3, -0.25) is 19.2 Å². The van der Waals surface area contributed by atoms with E-state index in [0.717, 1.165) is 5.32 Å². The lowest BCUT2D eigenvalue weighted by Crippen LogP contribution is -2.58. The van der Waals surface area contributed by atoms with Gasteiger partial charge in [-0.2, -0.15) is 22.0 Å². The maximum absolute atomic E-state index is 14.8. The number of halogens is 8. The number of amides is 3. The van der Waals surface area contributed by atoms with Crippen LogP contribution in [-0.4, -0.2) is 48.2 Å². The highest BCUT2D eigenvalue weighted by atomic mass is 35.5. The fourth-order valence-electron chi connectivity index (χ4n) is 4.32. The molecule has 0 fully saturated rings. The first kappa shape index (κ1) is 38.5. The van der Waals surface area contributed by atoms with E-state index in [-0.39, 0.29) is 15.6 Å². The molecule has 0 aliphatic carbocycles. The molecule has 0 spiro atoms. The van der Waals surface area contributed by atoms with Gasteiger partial charge in [-0.15, -0.1) is 0 Å². The van der Waals surface area contributed by atoms with Crippen LogP contribution in [0.5, 0.6) is 5.75 Å². The number of ether oxygens (including phenoxy) is 1. The summed E-state index contributed by atoms with van der Waals surface area (Å²) in [5, 5.41) is 6.49. The molecule has 8 nitrogen and oxygen atoms in total. The Morgan fingerprint density at radius 1 is 0.792 bits per heavy atom. The Kier molecular flexibility index (Phi) is 13.2. The van der Waals surface area contributed by atoms with E-state index < -0.39 is 72.7 Å². The smallest absolute Gasteiger partial charge is 0.405 e. The van der Waals surface area contributed by atoms with Gasteiger partial charge in [0.05, 0.1) is 22.5 Å². The molecule has 258 valence electrons. The largest absolute Gasteiger partial charge is 0.485 e. The van der Waals surface area contributed by atoms with Crippen molar-refractivity contribution in [2.45, 2.75) is 50.6 Å². The lowest BCUT2D eigenvalue weighted by molar-refractivity contribution is -0.165. The summed E-state index contributed by atoms with van der Waals surface area (Å²) in [5.74, 6) is -12.1. The van der Waals surface area contributed by atoms with Crippen molar-refractivity contribution in [2.75, 3.05) is 6.54 Å². The fourth-order valence-corrected chi connectivity index (χ4v) is 4.75. The standard InChI is InChI=1S/C32H29Cl3F5N3O5/c1-17(2)26(28(45)32(39,40)30(47)41-16-31(36,37)38)43-29(46)27(18-6-4-3-5-7-18)42-25(44)15-24(19-8-13-22(34)23(35)14-19)48-21-11-9-20(33)10-12-21/h3-14,17,24,26-27H,15-16H2,1-2H3,(H,41,47)(H,42,44)(H,43,46)/t24?,26-,27-/m0/s1. The minimum Gasteiger partial charge on any atom is -0.485 e. The third-order valence-corrected chi connectivity index (χ3v) is 7.76. The van der Waals surface area contributed by atoms with Crippen molar-refractivity contribution in [2.24, 2.45) is 5.92 Å². The van der Waals surface area contributed by atoms with E-state index in [1.165, 1.54) is 50.2 Å². The molecule has 3 aromatic rings. The highest BCUT2D eigenvalue weighted by molar-refractivity contribution is 6.42. The van der Waals surface area contributed by atoms with Crippen molar-refractivity contribution in [1.82, 2.24) is 16.0 Å². The van der Waals surface area contributed by atoms with Crippen molar-refractivity contribution >= 4 is 58.3 Å². The summed E-state index contributed by atoms with van der Waals surface area (Å²) >= 11 is 18.2. The molecule has 0 heterocycles. The average Bonchev–Trinajstić information content (AvgIpc) is 3.02.